The van der Waals surface area contributed by atoms with Crippen LogP contribution in [0.1, 0.15) is 38.3 Å². The maximum absolute atomic E-state index is 13.1. The number of nitrogens with zero attached hydrogens (tertiary/aromatic N) is 3. The average molecular weight is 514 g/mol. The zero-order valence-corrected chi connectivity index (χ0v) is 22.1. The molecule has 1 aromatic heterocycles. The summed E-state index contributed by atoms with van der Waals surface area (Å²) in [6.45, 7) is 7.53. The van der Waals surface area contributed by atoms with Crippen LogP contribution < -0.4 is 4.31 Å². The van der Waals surface area contributed by atoms with Crippen molar-refractivity contribution in [1.29, 1.82) is 0 Å². The Kier molecular flexibility index (Phi) is 5.79. The summed E-state index contributed by atoms with van der Waals surface area (Å²) in [5, 5.41) is 15.3. The first-order valence-corrected chi connectivity index (χ1v) is 13.3. The Labute approximate surface area is 216 Å². The zero-order chi connectivity index (χ0) is 26.6. The van der Waals surface area contributed by atoms with Crippen molar-refractivity contribution < 1.29 is 18.3 Å². The van der Waals surface area contributed by atoms with Gasteiger partial charge in [-0.3, -0.25) is 9.10 Å². The number of hydrogen-bond donors (Lipinski definition) is 1. The quantitative estimate of drug-likeness (QED) is 0.215. The Bertz CT molecular complexity index is 1690. The van der Waals surface area contributed by atoms with Crippen molar-refractivity contribution in [1.82, 2.24) is 9.78 Å². The van der Waals surface area contributed by atoms with Gasteiger partial charge >= 0.3 is 0 Å². The second-order valence-corrected chi connectivity index (χ2v) is 11.3. The van der Waals surface area contributed by atoms with Gasteiger partial charge in [0.25, 0.3) is 10.0 Å². The van der Waals surface area contributed by atoms with Gasteiger partial charge in [-0.2, -0.15) is 5.10 Å². The lowest BCUT2D eigenvalue weighted by molar-refractivity contribution is 0.0979. The predicted molar refractivity (Wildman–Crippen MR) is 145 cm³/mol. The number of aryl methyl sites for hydroxylation is 3. The molecule has 0 aliphatic carbocycles. The summed E-state index contributed by atoms with van der Waals surface area (Å²) in [4.78, 5) is 13.2. The number of hydrogen-bond acceptors (Lipinski definition) is 5. The van der Waals surface area contributed by atoms with Crippen molar-refractivity contribution >= 4 is 27.6 Å². The third-order valence-electron chi connectivity index (χ3n) is 6.76. The molecule has 0 spiro atoms. The summed E-state index contributed by atoms with van der Waals surface area (Å²) >= 11 is 0. The fourth-order valence-electron chi connectivity index (χ4n) is 5.06. The number of aliphatic hydroxyl groups is 1. The molecule has 8 heteroatoms. The standard InChI is InChI=1S/C29H27N3O4S/c1-17-14-18(2)26(19(3)15-17)29(34)24(33)16-21-10-12-22(13-11-21)32-20(4)28-27(30-32)23-8-6-7-9-25(23)37(35,36)31(28)5/h6-16,33H,1-5H3/b24-16-. The minimum absolute atomic E-state index is 0.231. The largest absolute Gasteiger partial charge is 0.504 e. The monoisotopic (exact) mass is 513 g/mol. The number of aliphatic hydroxyl groups excluding tert-OH is 1. The number of carbonyl (C=O) groups excluding carboxylic acids is 1. The molecular weight excluding hydrogens is 486 g/mol. The van der Waals surface area contributed by atoms with Crippen molar-refractivity contribution in [2.24, 2.45) is 0 Å². The minimum atomic E-state index is -3.67. The molecule has 0 saturated carbocycles. The van der Waals surface area contributed by atoms with Crippen molar-refractivity contribution in [3.05, 3.63) is 99.9 Å². The number of carbonyl (C=O) groups is 1. The number of rotatable bonds is 4. The molecule has 1 N–H and O–H groups in total. The minimum Gasteiger partial charge on any atom is -0.504 e. The molecular formula is C29H27N3O4S. The van der Waals surface area contributed by atoms with Gasteiger partial charge < -0.3 is 5.11 Å². The topological polar surface area (TPSA) is 92.5 Å². The number of aromatic nitrogens is 2. The molecule has 4 aromatic rings. The van der Waals surface area contributed by atoms with Crippen LogP contribution in [0.15, 0.2) is 71.3 Å². The summed E-state index contributed by atoms with van der Waals surface area (Å²) in [5.74, 6) is -0.755. The van der Waals surface area contributed by atoms with Gasteiger partial charge in [0.15, 0.2) is 5.76 Å². The molecule has 0 radical (unpaired) electrons. The molecule has 0 atom stereocenters. The second kappa shape index (κ2) is 8.74. The molecule has 1 aliphatic rings. The maximum atomic E-state index is 13.1. The SMILES string of the molecule is Cc1cc(C)c(C(=O)/C(O)=C/c2ccc(-n3nc4c(c3C)N(C)S(=O)(=O)c3ccccc3-4)cc2)c(C)c1. The maximum Gasteiger partial charge on any atom is 0.264 e. The normalized spacial score (nSPS) is 14.3. The van der Waals surface area contributed by atoms with Crippen LogP contribution in [0.2, 0.25) is 0 Å². The van der Waals surface area contributed by atoms with Gasteiger partial charge in [-0.15, -0.1) is 0 Å². The number of benzene rings is 3. The second-order valence-electron chi connectivity index (χ2n) is 9.39. The van der Waals surface area contributed by atoms with Gasteiger partial charge in [0.05, 0.1) is 16.3 Å². The number of Topliss-reactive ketones (excluding diaryl/α,β-unsaturated/α-hetero) is 1. The summed E-state index contributed by atoms with van der Waals surface area (Å²) in [5.41, 5.74) is 6.98. The molecule has 0 fully saturated rings. The molecule has 0 amide bonds. The van der Waals surface area contributed by atoms with Gasteiger partial charge in [0, 0.05) is 18.2 Å². The number of anilines is 1. The van der Waals surface area contributed by atoms with E-state index in [2.05, 4.69) is 0 Å². The highest BCUT2D eigenvalue weighted by Gasteiger charge is 2.36. The van der Waals surface area contributed by atoms with Crippen molar-refractivity contribution in [3.8, 4) is 16.9 Å². The summed E-state index contributed by atoms with van der Waals surface area (Å²) in [6, 6.07) is 17.9. The van der Waals surface area contributed by atoms with Crippen LogP contribution in [0, 0.1) is 27.7 Å². The van der Waals surface area contributed by atoms with E-state index in [1.54, 1.807) is 41.1 Å². The molecule has 0 unspecified atom stereocenters. The Balaban J connectivity index is 1.50. The lowest BCUT2D eigenvalue weighted by Crippen LogP contribution is -2.30. The van der Waals surface area contributed by atoms with Crippen LogP contribution >= 0.6 is 0 Å². The molecule has 37 heavy (non-hydrogen) atoms. The van der Waals surface area contributed by atoms with Crippen molar-refractivity contribution in [2.45, 2.75) is 32.6 Å². The highest BCUT2D eigenvalue weighted by molar-refractivity contribution is 7.93. The van der Waals surface area contributed by atoms with E-state index in [1.165, 1.54) is 17.4 Å². The first-order chi connectivity index (χ1) is 17.5. The van der Waals surface area contributed by atoms with Gasteiger partial charge in [0.2, 0.25) is 5.78 Å². The van der Waals surface area contributed by atoms with Crippen LogP contribution in [-0.4, -0.2) is 36.1 Å². The molecule has 5 rings (SSSR count). The smallest absolute Gasteiger partial charge is 0.264 e. The first-order valence-electron chi connectivity index (χ1n) is 11.8. The van der Waals surface area contributed by atoms with Gasteiger partial charge in [0.1, 0.15) is 11.4 Å². The van der Waals surface area contributed by atoms with Crippen LogP contribution in [0.4, 0.5) is 5.69 Å². The van der Waals surface area contributed by atoms with Crippen LogP contribution in [0.25, 0.3) is 23.0 Å². The average Bonchev–Trinajstić information content (AvgIpc) is 3.19. The van der Waals surface area contributed by atoms with Crippen molar-refractivity contribution in [2.75, 3.05) is 11.4 Å². The molecule has 3 aromatic carbocycles. The molecule has 188 valence electrons. The number of sulfonamides is 1. The number of allylic oxidation sites excluding steroid dienone is 1. The first kappa shape index (κ1) is 24.5. The van der Waals surface area contributed by atoms with E-state index in [9.17, 15) is 18.3 Å². The van der Waals surface area contributed by atoms with Crippen molar-refractivity contribution in [3.63, 3.8) is 0 Å². The fraction of sp³-hybridized carbons (Fsp3) is 0.172. The molecule has 2 heterocycles. The van der Waals surface area contributed by atoms with E-state index >= 15 is 0 Å². The third-order valence-corrected chi connectivity index (χ3v) is 8.57. The lowest BCUT2D eigenvalue weighted by atomic mass is 9.95. The van der Waals surface area contributed by atoms with E-state index in [1.807, 2.05) is 52.0 Å². The highest BCUT2D eigenvalue weighted by atomic mass is 32.2. The van der Waals surface area contributed by atoms with Gasteiger partial charge in [-0.25, -0.2) is 13.1 Å². The van der Waals surface area contributed by atoms with E-state index in [0.29, 0.717) is 33.8 Å². The lowest BCUT2D eigenvalue weighted by Gasteiger charge is -2.26. The Morgan fingerprint density at radius 1 is 0.946 bits per heavy atom. The molecule has 7 nitrogen and oxygen atoms in total. The van der Waals surface area contributed by atoms with Gasteiger partial charge in [-0.05, 0) is 68.7 Å². The van der Waals surface area contributed by atoms with E-state index in [4.69, 9.17) is 5.10 Å². The van der Waals surface area contributed by atoms with Gasteiger partial charge in [-0.1, -0.05) is 48.0 Å². The number of ketones is 1. The molecule has 0 saturated heterocycles. The predicted octanol–water partition coefficient (Wildman–Crippen LogP) is 5.69. The van der Waals surface area contributed by atoms with E-state index < -0.39 is 15.8 Å². The van der Waals surface area contributed by atoms with E-state index in [0.717, 1.165) is 22.4 Å². The third kappa shape index (κ3) is 3.94. The van der Waals surface area contributed by atoms with Crippen LogP contribution in [0.3, 0.4) is 0 Å². The van der Waals surface area contributed by atoms with E-state index in [-0.39, 0.29) is 10.7 Å². The Morgan fingerprint density at radius 2 is 1.57 bits per heavy atom. The molecule has 0 bridgehead atoms. The zero-order valence-electron chi connectivity index (χ0n) is 21.3. The molecule has 1 aliphatic heterocycles. The summed E-state index contributed by atoms with van der Waals surface area (Å²) < 4.78 is 29.1. The highest BCUT2D eigenvalue weighted by Crippen LogP contribution is 2.43. The summed E-state index contributed by atoms with van der Waals surface area (Å²) in [6.07, 6.45) is 1.45. The summed E-state index contributed by atoms with van der Waals surface area (Å²) in [7, 11) is -2.14. The van der Waals surface area contributed by atoms with Crippen LogP contribution in [-0.2, 0) is 10.0 Å². The number of fused-ring (bicyclic) bond motifs is 3. The Morgan fingerprint density at radius 3 is 2.22 bits per heavy atom. The Hall–Kier alpha value is -4.17. The fourth-order valence-corrected chi connectivity index (χ4v) is 6.51. The van der Waals surface area contributed by atoms with Crippen LogP contribution in [0.5, 0.6) is 0 Å².